The zero-order chi connectivity index (χ0) is 11.0. The van der Waals surface area contributed by atoms with Gasteiger partial charge in [-0.3, -0.25) is 0 Å². The molecule has 16 heavy (non-hydrogen) atoms. The third kappa shape index (κ3) is 1.78. The van der Waals surface area contributed by atoms with Crippen molar-refractivity contribution in [2.75, 3.05) is 0 Å². The average molecular weight is 280 g/mol. The normalized spacial score (nSPS) is 16.6. The quantitative estimate of drug-likeness (QED) is 0.924. The summed E-state index contributed by atoms with van der Waals surface area (Å²) < 4.78 is 6.66. The highest BCUT2D eigenvalue weighted by molar-refractivity contribution is 9.10. The van der Waals surface area contributed by atoms with Crippen LogP contribution in [0.25, 0.3) is 11.0 Å². The molecule has 1 aromatic carbocycles. The van der Waals surface area contributed by atoms with Crippen LogP contribution >= 0.6 is 15.9 Å². The summed E-state index contributed by atoms with van der Waals surface area (Å²) in [5.74, 6) is 0. The lowest BCUT2D eigenvalue weighted by Gasteiger charge is -2.26. The lowest BCUT2D eigenvalue weighted by Crippen LogP contribution is -2.34. The van der Waals surface area contributed by atoms with Crippen LogP contribution in [-0.2, 0) is 6.54 Å². The zero-order valence-electron chi connectivity index (χ0n) is 9.00. The van der Waals surface area contributed by atoms with E-state index in [0.717, 1.165) is 16.6 Å². The Hall–Kier alpha value is -0.800. The van der Waals surface area contributed by atoms with Gasteiger partial charge >= 0.3 is 0 Å². The standard InChI is InChI=1S/C13H14BrNO/c14-11-5-2-6-12-13(11)9(8-16-12)7-15-10-3-1-4-10/h2,5-6,8,10,15H,1,3-4,7H2. The Morgan fingerprint density at radius 2 is 2.25 bits per heavy atom. The summed E-state index contributed by atoms with van der Waals surface area (Å²) in [5, 5.41) is 4.76. The van der Waals surface area contributed by atoms with Crippen LogP contribution in [-0.4, -0.2) is 6.04 Å². The van der Waals surface area contributed by atoms with Crippen molar-refractivity contribution < 1.29 is 4.42 Å². The van der Waals surface area contributed by atoms with Gasteiger partial charge in [0.25, 0.3) is 0 Å². The maximum absolute atomic E-state index is 5.54. The van der Waals surface area contributed by atoms with E-state index in [9.17, 15) is 0 Å². The van der Waals surface area contributed by atoms with Gasteiger partial charge < -0.3 is 9.73 Å². The molecule has 1 N–H and O–H groups in total. The largest absolute Gasteiger partial charge is 0.464 e. The van der Waals surface area contributed by atoms with E-state index in [1.807, 2.05) is 18.4 Å². The van der Waals surface area contributed by atoms with Crippen molar-refractivity contribution in [2.24, 2.45) is 0 Å². The summed E-state index contributed by atoms with van der Waals surface area (Å²) in [6.07, 6.45) is 5.86. The Kier molecular flexibility index (Phi) is 2.74. The number of benzene rings is 1. The summed E-state index contributed by atoms with van der Waals surface area (Å²) in [6.45, 7) is 0.903. The number of rotatable bonds is 3. The zero-order valence-corrected chi connectivity index (χ0v) is 10.6. The number of hydrogen-bond acceptors (Lipinski definition) is 2. The van der Waals surface area contributed by atoms with Crippen molar-refractivity contribution in [3.8, 4) is 0 Å². The van der Waals surface area contributed by atoms with E-state index in [-0.39, 0.29) is 0 Å². The summed E-state index contributed by atoms with van der Waals surface area (Å²) in [6, 6.07) is 6.78. The van der Waals surface area contributed by atoms with Crippen LogP contribution < -0.4 is 5.32 Å². The number of furan rings is 1. The van der Waals surface area contributed by atoms with Crippen molar-refractivity contribution in [2.45, 2.75) is 31.8 Å². The number of hydrogen-bond donors (Lipinski definition) is 1. The number of nitrogens with one attached hydrogen (secondary N) is 1. The van der Waals surface area contributed by atoms with Crippen LogP contribution in [0.2, 0.25) is 0 Å². The lowest BCUT2D eigenvalue weighted by atomic mass is 9.93. The second-order valence-corrected chi connectivity index (χ2v) is 5.24. The van der Waals surface area contributed by atoms with Crippen LogP contribution in [0.4, 0.5) is 0 Å². The maximum Gasteiger partial charge on any atom is 0.135 e. The second kappa shape index (κ2) is 4.22. The third-order valence-corrected chi connectivity index (χ3v) is 3.97. The van der Waals surface area contributed by atoms with E-state index in [1.165, 1.54) is 30.2 Å². The molecule has 2 aromatic rings. The number of halogens is 1. The van der Waals surface area contributed by atoms with Crippen LogP contribution in [0.15, 0.2) is 33.4 Å². The molecule has 84 valence electrons. The predicted molar refractivity (Wildman–Crippen MR) is 68.4 cm³/mol. The molecular weight excluding hydrogens is 266 g/mol. The van der Waals surface area contributed by atoms with Gasteiger partial charge in [0.2, 0.25) is 0 Å². The first-order valence-electron chi connectivity index (χ1n) is 5.72. The Morgan fingerprint density at radius 3 is 3.00 bits per heavy atom. The molecule has 0 bridgehead atoms. The SMILES string of the molecule is Brc1cccc2occ(CNC3CCC3)c12. The van der Waals surface area contributed by atoms with Crippen molar-refractivity contribution in [1.82, 2.24) is 5.32 Å². The van der Waals surface area contributed by atoms with Gasteiger partial charge in [-0.1, -0.05) is 28.4 Å². The second-order valence-electron chi connectivity index (χ2n) is 4.38. The Bertz CT molecular complexity index is 502. The van der Waals surface area contributed by atoms with Gasteiger partial charge in [-0.15, -0.1) is 0 Å². The first-order chi connectivity index (χ1) is 7.84. The molecule has 3 heteroatoms. The molecule has 3 rings (SSSR count). The van der Waals surface area contributed by atoms with Crippen molar-refractivity contribution in [1.29, 1.82) is 0 Å². The van der Waals surface area contributed by atoms with Crippen LogP contribution in [0.3, 0.4) is 0 Å². The third-order valence-electron chi connectivity index (χ3n) is 3.31. The molecule has 0 amide bonds. The van der Waals surface area contributed by atoms with E-state index in [1.54, 1.807) is 0 Å². The molecule has 0 radical (unpaired) electrons. The van der Waals surface area contributed by atoms with E-state index >= 15 is 0 Å². The van der Waals surface area contributed by atoms with Gasteiger partial charge in [0.1, 0.15) is 5.58 Å². The highest BCUT2D eigenvalue weighted by atomic mass is 79.9. The lowest BCUT2D eigenvalue weighted by molar-refractivity contribution is 0.338. The molecule has 0 aliphatic heterocycles. The molecule has 0 spiro atoms. The maximum atomic E-state index is 5.54. The van der Waals surface area contributed by atoms with Crippen LogP contribution in [0.5, 0.6) is 0 Å². The Labute approximate surface area is 103 Å². The van der Waals surface area contributed by atoms with Crippen molar-refractivity contribution >= 4 is 26.9 Å². The fraction of sp³-hybridized carbons (Fsp3) is 0.385. The van der Waals surface area contributed by atoms with E-state index in [0.29, 0.717) is 6.04 Å². The molecule has 1 aliphatic carbocycles. The fourth-order valence-corrected chi connectivity index (χ4v) is 2.71. The van der Waals surface area contributed by atoms with E-state index in [2.05, 4.69) is 27.3 Å². The van der Waals surface area contributed by atoms with E-state index < -0.39 is 0 Å². The minimum absolute atomic E-state index is 0.715. The summed E-state index contributed by atoms with van der Waals surface area (Å²) in [7, 11) is 0. The molecule has 0 saturated heterocycles. The average Bonchev–Trinajstić information content (AvgIpc) is 2.61. The minimum Gasteiger partial charge on any atom is -0.464 e. The fourth-order valence-electron chi connectivity index (χ4n) is 2.10. The molecule has 1 fully saturated rings. The van der Waals surface area contributed by atoms with Gasteiger partial charge in [0.05, 0.1) is 6.26 Å². The molecular formula is C13H14BrNO. The van der Waals surface area contributed by atoms with Crippen molar-refractivity contribution in [3.63, 3.8) is 0 Å². The monoisotopic (exact) mass is 279 g/mol. The molecule has 0 atom stereocenters. The highest BCUT2D eigenvalue weighted by Gasteiger charge is 2.17. The topological polar surface area (TPSA) is 25.2 Å². The smallest absolute Gasteiger partial charge is 0.135 e. The molecule has 1 aliphatic rings. The molecule has 2 nitrogen and oxygen atoms in total. The number of fused-ring (bicyclic) bond motifs is 1. The van der Waals surface area contributed by atoms with Gasteiger partial charge in [0.15, 0.2) is 0 Å². The minimum atomic E-state index is 0.715. The summed E-state index contributed by atoms with van der Waals surface area (Å²) in [5.41, 5.74) is 2.20. The Balaban J connectivity index is 1.85. The van der Waals surface area contributed by atoms with Crippen LogP contribution in [0.1, 0.15) is 24.8 Å². The molecule has 1 saturated carbocycles. The highest BCUT2D eigenvalue weighted by Crippen LogP contribution is 2.29. The first kappa shape index (κ1) is 10.4. The predicted octanol–water partition coefficient (Wildman–Crippen LogP) is 3.84. The summed E-state index contributed by atoms with van der Waals surface area (Å²) in [4.78, 5) is 0. The van der Waals surface area contributed by atoms with E-state index in [4.69, 9.17) is 4.42 Å². The van der Waals surface area contributed by atoms with Gasteiger partial charge in [-0.25, -0.2) is 0 Å². The molecule has 1 heterocycles. The van der Waals surface area contributed by atoms with Gasteiger partial charge in [0, 0.05) is 28.0 Å². The van der Waals surface area contributed by atoms with Gasteiger partial charge in [-0.05, 0) is 25.0 Å². The Morgan fingerprint density at radius 1 is 1.38 bits per heavy atom. The van der Waals surface area contributed by atoms with Crippen molar-refractivity contribution in [3.05, 3.63) is 34.5 Å². The van der Waals surface area contributed by atoms with Crippen LogP contribution in [0, 0.1) is 0 Å². The molecule has 1 aromatic heterocycles. The van der Waals surface area contributed by atoms with Gasteiger partial charge in [-0.2, -0.15) is 0 Å². The molecule has 0 unspecified atom stereocenters. The first-order valence-corrected chi connectivity index (χ1v) is 6.52. The summed E-state index contributed by atoms with van der Waals surface area (Å²) >= 11 is 3.58.